The zero-order valence-corrected chi connectivity index (χ0v) is 18.7. The van der Waals surface area contributed by atoms with Crippen LogP contribution in [-0.4, -0.2) is 60.9 Å². The average Bonchev–Trinajstić information content (AvgIpc) is 2.76. The summed E-state index contributed by atoms with van der Waals surface area (Å²) in [6.07, 6.45) is 5.57. The van der Waals surface area contributed by atoms with Crippen molar-refractivity contribution in [1.29, 1.82) is 0 Å². The van der Waals surface area contributed by atoms with Crippen LogP contribution < -0.4 is 26.5 Å². The Morgan fingerprint density at radius 2 is 1.54 bits per heavy atom. The molecule has 4 rings (SSSR count). The predicted molar refractivity (Wildman–Crippen MR) is 107 cm³/mol. The first-order valence-corrected chi connectivity index (χ1v) is 12.4. The molecular formula is C22H30IN2O3-. The maximum atomic E-state index is 10.2. The molecule has 28 heavy (non-hydrogen) atoms. The second-order valence-corrected chi connectivity index (χ2v) is 9.49. The van der Waals surface area contributed by atoms with Gasteiger partial charge in [0.2, 0.25) is 0 Å². The molecular weight excluding hydrogens is 467 g/mol. The van der Waals surface area contributed by atoms with E-state index in [4.69, 9.17) is 9.47 Å². The fraction of sp³-hybridized carbons (Fsp3) is 0.545. The van der Waals surface area contributed by atoms with E-state index in [0.717, 1.165) is 59.0 Å². The first kappa shape index (κ1) is 20.2. The summed E-state index contributed by atoms with van der Waals surface area (Å²) in [4.78, 5) is 4.83. The topological polar surface area (TPSA) is 45.2 Å². The molecule has 3 aliphatic rings. The van der Waals surface area contributed by atoms with E-state index < -0.39 is 21.6 Å². The first-order chi connectivity index (χ1) is 13.8. The third kappa shape index (κ3) is 4.56. The first-order valence-electron chi connectivity index (χ1n) is 10.2. The van der Waals surface area contributed by atoms with Crippen LogP contribution in [0, 0.1) is 5.92 Å². The van der Waals surface area contributed by atoms with E-state index in [1.807, 2.05) is 0 Å². The number of nitrogens with zero attached hydrogens (tertiary/aromatic N) is 2. The molecule has 5 nitrogen and oxygen atoms in total. The summed E-state index contributed by atoms with van der Waals surface area (Å²) < 4.78 is 21.4. The SMILES string of the molecule is CC1CC(C([I-]O)c2ccc(N3CCOCC3)cc2)=CC=C1N1CCOCC1. The molecule has 1 aromatic rings. The third-order valence-electron chi connectivity index (χ3n) is 5.88. The van der Waals surface area contributed by atoms with Gasteiger partial charge in [-0.2, -0.15) is 0 Å². The molecule has 0 amide bonds. The number of halogens is 1. The van der Waals surface area contributed by atoms with E-state index >= 15 is 0 Å². The van der Waals surface area contributed by atoms with Crippen molar-refractivity contribution in [3.05, 3.63) is 53.3 Å². The number of hydrogen-bond donors (Lipinski definition) is 1. The van der Waals surface area contributed by atoms with Crippen LogP contribution in [0.15, 0.2) is 47.7 Å². The molecule has 1 N–H and O–H groups in total. The molecule has 1 aromatic carbocycles. The molecule has 2 fully saturated rings. The molecule has 2 heterocycles. The van der Waals surface area contributed by atoms with Gasteiger partial charge in [0.25, 0.3) is 0 Å². The van der Waals surface area contributed by atoms with E-state index in [-0.39, 0.29) is 3.92 Å². The Balaban J connectivity index is 1.48. The predicted octanol–water partition coefficient (Wildman–Crippen LogP) is -0.257. The monoisotopic (exact) mass is 497 g/mol. The number of ether oxygens (including phenoxy) is 2. The third-order valence-corrected chi connectivity index (χ3v) is 7.95. The quantitative estimate of drug-likeness (QED) is 0.449. The van der Waals surface area contributed by atoms with E-state index in [9.17, 15) is 3.44 Å². The number of benzene rings is 1. The van der Waals surface area contributed by atoms with Crippen molar-refractivity contribution in [2.45, 2.75) is 17.3 Å². The van der Waals surface area contributed by atoms with Gasteiger partial charge in [0.05, 0.1) is 0 Å². The molecule has 0 aromatic heterocycles. The Morgan fingerprint density at radius 1 is 0.929 bits per heavy atom. The fourth-order valence-electron chi connectivity index (χ4n) is 4.32. The van der Waals surface area contributed by atoms with Crippen molar-refractivity contribution >= 4 is 5.69 Å². The number of alkyl halides is 1. The summed E-state index contributed by atoms with van der Waals surface area (Å²) in [7, 11) is 0. The Kier molecular flexibility index (Phi) is 6.93. The van der Waals surface area contributed by atoms with E-state index in [1.165, 1.54) is 22.5 Å². The molecule has 6 heteroatoms. The van der Waals surface area contributed by atoms with Crippen molar-refractivity contribution in [3.8, 4) is 0 Å². The van der Waals surface area contributed by atoms with Crippen LogP contribution in [0.5, 0.6) is 0 Å². The van der Waals surface area contributed by atoms with Gasteiger partial charge in [0.15, 0.2) is 0 Å². The van der Waals surface area contributed by atoms with Crippen molar-refractivity contribution in [2.75, 3.05) is 57.5 Å². The molecule has 2 atom stereocenters. The van der Waals surface area contributed by atoms with Gasteiger partial charge in [0.1, 0.15) is 0 Å². The molecule has 0 spiro atoms. The number of hydrogen-bond acceptors (Lipinski definition) is 5. The van der Waals surface area contributed by atoms with Crippen LogP contribution in [0.3, 0.4) is 0 Å². The van der Waals surface area contributed by atoms with Crippen LogP contribution in [-0.2, 0) is 9.47 Å². The molecule has 1 aliphatic carbocycles. The summed E-state index contributed by atoms with van der Waals surface area (Å²) in [5.74, 6) is 0.490. The van der Waals surface area contributed by atoms with Crippen LogP contribution in [0.4, 0.5) is 5.69 Å². The maximum absolute atomic E-state index is 10.2. The molecule has 2 unspecified atom stereocenters. The average molecular weight is 497 g/mol. The number of allylic oxidation sites excluding steroid dienone is 4. The van der Waals surface area contributed by atoms with Gasteiger partial charge in [-0.25, -0.2) is 0 Å². The molecule has 0 radical (unpaired) electrons. The number of anilines is 1. The summed E-state index contributed by atoms with van der Waals surface area (Å²) in [5.41, 5.74) is 5.29. The Labute approximate surface area is 178 Å². The van der Waals surface area contributed by atoms with E-state index in [0.29, 0.717) is 5.92 Å². The minimum absolute atomic E-state index is 0.183. The van der Waals surface area contributed by atoms with Crippen molar-refractivity contribution < 1.29 is 34.5 Å². The molecule has 0 bridgehead atoms. The molecule has 0 saturated carbocycles. The van der Waals surface area contributed by atoms with Gasteiger partial charge < -0.3 is 0 Å². The zero-order valence-electron chi connectivity index (χ0n) is 16.5. The van der Waals surface area contributed by atoms with Gasteiger partial charge in [-0.3, -0.25) is 0 Å². The molecule has 2 saturated heterocycles. The second kappa shape index (κ2) is 9.61. The Hall–Kier alpha value is -1.09. The van der Waals surface area contributed by atoms with Crippen LogP contribution in [0.2, 0.25) is 0 Å². The van der Waals surface area contributed by atoms with E-state index in [2.05, 4.69) is 53.1 Å². The van der Waals surface area contributed by atoms with Crippen LogP contribution in [0.1, 0.15) is 22.8 Å². The standard InChI is InChI=1S/C22H30IN2O3/c1-17-16-19(4-7-21(17)25-10-14-28-15-11-25)22(23-26)18-2-5-20(6-3-18)24-8-12-27-13-9-24/h2-7,17,22,26H,8-16H2,1H3/q-1. The van der Waals surface area contributed by atoms with Gasteiger partial charge in [-0.15, -0.1) is 0 Å². The van der Waals surface area contributed by atoms with Gasteiger partial charge >= 0.3 is 179 Å². The van der Waals surface area contributed by atoms with E-state index in [1.54, 1.807) is 0 Å². The summed E-state index contributed by atoms with van der Waals surface area (Å²) in [6.45, 7) is 9.42. The second-order valence-electron chi connectivity index (χ2n) is 7.69. The minimum atomic E-state index is -0.902. The van der Waals surface area contributed by atoms with Crippen molar-refractivity contribution in [2.24, 2.45) is 5.92 Å². The Bertz CT molecular complexity index is 707. The normalized spacial score (nSPS) is 24.7. The van der Waals surface area contributed by atoms with Gasteiger partial charge in [-0.05, 0) is 0 Å². The summed E-state index contributed by atoms with van der Waals surface area (Å²) in [6, 6.07) is 8.82. The van der Waals surface area contributed by atoms with Crippen molar-refractivity contribution in [3.63, 3.8) is 0 Å². The zero-order chi connectivity index (χ0) is 19.3. The number of morpholine rings is 2. The fourth-order valence-corrected chi connectivity index (χ4v) is 5.87. The van der Waals surface area contributed by atoms with Crippen molar-refractivity contribution in [1.82, 2.24) is 4.90 Å². The van der Waals surface area contributed by atoms with Crippen LogP contribution in [0.25, 0.3) is 0 Å². The molecule has 154 valence electrons. The van der Waals surface area contributed by atoms with Gasteiger partial charge in [0, 0.05) is 0 Å². The van der Waals surface area contributed by atoms with Crippen LogP contribution >= 0.6 is 0 Å². The molecule has 2 aliphatic heterocycles. The number of rotatable bonds is 5. The van der Waals surface area contributed by atoms with Gasteiger partial charge in [-0.1, -0.05) is 0 Å². The Morgan fingerprint density at radius 3 is 2.11 bits per heavy atom. The summed E-state index contributed by atoms with van der Waals surface area (Å²) in [5, 5.41) is 0. The summed E-state index contributed by atoms with van der Waals surface area (Å²) >= 11 is -0.902.